The lowest BCUT2D eigenvalue weighted by molar-refractivity contribution is 0.757. The number of aryl methyl sites for hydroxylation is 2. The molecule has 0 saturated carbocycles. The van der Waals surface area contributed by atoms with E-state index in [1.807, 2.05) is 20.0 Å². The first kappa shape index (κ1) is 13.5. The first-order valence-corrected chi connectivity index (χ1v) is 6.49. The third-order valence-corrected chi connectivity index (χ3v) is 3.87. The molecular formula is C12H12Cl3N3. The molecule has 18 heavy (non-hydrogen) atoms. The fourth-order valence-corrected chi connectivity index (χ4v) is 2.21. The molecule has 0 aliphatic heterocycles. The molecule has 1 aromatic heterocycles. The molecule has 0 amide bonds. The van der Waals surface area contributed by atoms with Crippen LogP contribution in [0, 0.1) is 6.92 Å². The second-order valence-electron chi connectivity index (χ2n) is 3.96. The van der Waals surface area contributed by atoms with Crippen molar-refractivity contribution < 1.29 is 0 Å². The van der Waals surface area contributed by atoms with Crippen molar-refractivity contribution >= 4 is 40.5 Å². The van der Waals surface area contributed by atoms with Gasteiger partial charge in [0.15, 0.2) is 0 Å². The lowest BCUT2D eigenvalue weighted by Gasteiger charge is -2.07. The largest absolute Gasteiger partial charge is 0.381 e. The Balaban J connectivity index is 2.14. The Morgan fingerprint density at radius 3 is 2.50 bits per heavy atom. The van der Waals surface area contributed by atoms with Crippen molar-refractivity contribution in [2.75, 3.05) is 5.32 Å². The van der Waals surface area contributed by atoms with E-state index in [2.05, 4.69) is 10.4 Å². The molecule has 6 heteroatoms. The zero-order chi connectivity index (χ0) is 13.3. The van der Waals surface area contributed by atoms with Gasteiger partial charge in [0, 0.05) is 24.8 Å². The summed E-state index contributed by atoms with van der Waals surface area (Å²) in [5.74, 6) is 0. The maximum Gasteiger partial charge on any atom is 0.131 e. The van der Waals surface area contributed by atoms with Crippen molar-refractivity contribution in [3.63, 3.8) is 0 Å². The van der Waals surface area contributed by atoms with E-state index in [-0.39, 0.29) is 0 Å². The van der Waals surface area contributed by atoms with Crippen LogP contribution < -0.4 is 5.32 Å². The summed E-state index contributed by atoms with van der Waals surface area (Å²) in [6.07, 6.45) is 0. The SMILES string of the molecule is Cc1nn(C)c(Cl)c1CNc1ccc(Cl)c(Cl)c1. The Labute approximate surface area is 121 Å². The molecule has 96 valence electrons. The highest BCUT2D eigenvalue weighted by Crippen LogP contribution is 2.26. The van der Waals surface area contributed by atoms with Crippen molar-refractivity contribution in [1.82, 2.24) is 9.78 Å². The van der Waals surface area contributed by atoms with Gasteiger partial charge in [-0.1, -0.05) is 34.8 Å². The normalized spacial score (nSPS) is 10.7. The Morgan fingerprint density at radius 2 is 1.94 bits per heavy atom. The molecule has 3 nitrogen and oxygen atoms in total. The zero-order valence-corrected chi connectivity index (χ0v) is 12.2. The van der Waals surface area contributed by atoms with Crippen LogP contribution in [0.2, 0.25) is 15.2 Å². The summed E-state index contributed by atoms with van der Waals surface area (Å²) < 4.78 is 1.66. The van der Waals surface area contributed by atoms with E-state index in [0.717, 1.165) is 16.9 Å². The van der Waals surface area contributed by atoms with Crippen LogP contribution in [0.1, 0.15) is 11.3 Å². The number of halogens is 3. The number of hydrogen-bond donors (Lipinski definition) is 1. The quantitative estimate of drug-likeness (QED) is 0.916. The van der Waals surface area contributed by atoms with Crippen molar-refractivity contribution in [2.45, 2.75) is 13.5 Å². The van der Waals surface area contributed by atoms with Crippen LogP contribution in [-0.4, -0.2) is 9.78 Å². The predicted octanol–water partition coefficient (Wildman–Crippen LogP) is 4.30. The number of nitrogens with one attached hydrogen (secondary N) is 1. The molecule has 1 heterocycles. The van der Waals surface area contributed by atoms with E-state index in [9.17, 15) is 0 Å². The van der Waals surface area contributed by atoms with Crippen molar-refractivity contribution in [3.05, 3.63) is 44.7 Å². The monoisotopic (exact) mass is 303 g/mol. The molecule has 0 spiro atoms. The first-order chi connectivity index (χ1) is 8.49. The van der Waals surface area contributed by atoms with Crippen molar-refractivity contribution in [1.29, 1.82) is 0 Å². The van der Waals surface area contributed by atoms with Gasteiger partial charge < -0.3 is 5.32 Å². The topological polar surface area (TPSA) is 29.9 Å². The number of anilines is 1. The third-order valence-electron chi connectivity index (χ3n) is 2.66. The lowest BCUT2D eigenvalue weighted by Crippen LogP contribution is -2.00. The molecular weight excluding hydrogens is 293 g/mol. The third kappa shape index (κ3) is 2.74. The molecule has 0 fully saturated rings. The minimum absolute atomic E-state index is 0.524. The van der Waals surface area contributed by atoms with Crippen LogP contribution >= 0.6 is 34.8 Å². The number of rotatable bonds is 3. The molecule has 0 aliphatic carbocycles. The Kier molecular flexibility index (Phi) is 4.05. The maximum atomic E-state index is 6.15. The van der Waals surface area contributed by atoms with Gasteiger partial charge in [-0.15, -0.1) is 0 Å². The summed E-state index contributed by atoms with van der Waals surface area (Å²) in [5.41, 5.74) is 2.78. The Morgan fingerprint density at radius 1 is 1.22 bits per heavy atom. The summed E-state index contributed by atoms with van der Waals surface area (Å²) in [5, 5.41) is 9.20. The maximum absolute atomic E-state index is 6.15. The molecule has 2 rings (SSSR count). The number of hydrogen-bond acceptors (Lipinski definition) is 2. The highest BCUT2D eigenvalue weighted by atomic mass is 35.5. The van der Waals surface area contributed by atoms with Gasteiger partial charge in [-0.3, -0.25) is 4.68 Å². The zero-order valence-electron chi connectivity index (χ0n) is 9.97. The molecule has 1 aromatic carbocycles. The van der Waals surface area contributed by atoms with Crippen LogP contribution in [0.25, 0.3) is 0 Å². The van der Waals surface area contributed by atoms with E-state index >= 15 is 0 Å². The summed E-state index contributed by atoms with van der Waals surface area (Å²) in [4.78, 5) is 0. The molecule has 0 unspecified atom stereocenters. The smallest absolute Gasteiger partial charge is 0.131 e. The van der Waals surface area contributed by atoms with Crippen molar-refractivity contribution in [2.24, 2.45) is 7.05 Å². The van der Waals surface area contributed by atoms with Crippen LogP contribution in [0.3, 0.4) is 0 Å². The van der Waals surface area contributed by atoms with Crippen LogP contribution in [0.15, 0.2) is 18.2 Å². The number of aromatic nitrogens is 2. The lowest BCUT2D eigenvalue weighted by atomic mass is 10.2. The first-order valence-electron chi connectivity index (χ1n) is 5.36. The predicted molar refractivity (Wildman–Crippen MR) is 76.7 cm³/mol. The molecule has 1 N–H and O–H groups in total. The van der Waals surface area contributed by atoms with Gasteiger partial charge in [0.1, 0.15) is 5.15 Å². The van der Waals surface area contributed by atoms with Gasteiger partial charge in [-0.2, -0.15) is 5.10 Å². The fraction of sp³-hybridized carbons (Fsp3) is 0.250. The van der Waals surface area contributed by atoms with Crippen molar-refractivity contribution in [3.8, 4) is 0 Å². The number of nitrogens with zero attached hydrogens (tertiary/aromatic N) is 2. The van der Waals surface area contributed by atoms with E-state index in [1.165, 1.54) is 0 Å². The van der Waals surface area contributed by atoms with Crippen LogP contribution in [-0.2, 0) is 13.6 Å². The number of benzene rings is 1. The highest BCUT2D eigenvalue weighted by Gasteiger charge is 2.10. The minimum Gasteiger partial charge on any atom is -0.381 e. The summed E-state index contributed by atoms with van der Waals surface area (Å²) in [7, 11) is 1.82. The minimum atomic E-state index is 0.524. The molecule has 0 atom stereocenters. The second-order valence-corrected chi connectivity index (χ2v) is 5.13. The van der Waals surface area contributed by atoms with E-state index < -0.39 is 0 Å². The highest BCUT2D eigenvalue weighted by molar-refractivity contribution is 6.42. The standard InChI is InChI=1S/C12H12Cl3N3/c1-7-9(12(15)18(2)17-7)6-16-8-3-4-10(13)11(14)5-8/h3-5,16H,6H2,1-2H3. The van der Waals surface area contributed by atoms with Gasteiger partial charge >= 0.3 is 0 Å². The van der Waals surface area contributed by atoms with E-state index in [1.54, 1.807) is 16.8 Å². The van der Waals surface area contributed by atoms with E-state index in [4.69, 9.17) is 34.8 Å². The Bertz CT molecular complexity index is 578. The van der Waals surface area contributed by atoms with Gasteiger partial charge in [-0.05, 0) is 25.1 Å². The van der Waals surface area contributed by atoms with Crippen LogP contribution in [0.4, 0.5) is 5.69 Å². The molecule has 0 radical (unpaired) electrons. The fourth-order valence-electron chi connectivity index (χ4n) is 1.67. The summed E-state index contributed by atoms with van der Waals surface area (Å²) >= 11 is 18.0. The molecule has 2 aromatic rings. The van der Waals surface area contributed by atoms with Crippen LogP contribution in [0.5, 0.6) is 0 Å². The summed E-state index contributed by atoms with van der Waals surface area (Å²) in [6, 6.07) is 5.40. The Hall–Kier alpha value is -0.900. The molecule has 0 aliphatic rings. The van der Waals surface area contributed by atoms with Gasteiger partial charge in [0.25, 0.3) is 0 Å². The molecule has 0 bridgehead atoms. The molecule has 0 saturated heterocycles. The van der Waals surface area contributed by atoms with Gasteiger partial charge in [0.05, 0.1) is 15.7 Å². The average Bonchev–Trinajstić information content (AvgIpc) is 2.56. The summed E-state index contributed by atoms with van der Waals surface area (Å²) in [6.45, 7) is 2.52. The second kappa shape index (κ2) is 5.39. The van der Waals surface area contributed by atoms with Gasteiger partial charge in [0.2, 0.25) is 0 Å². The van der Waals surface area contributed by atoms with Gasteiger partial charge in [-0.25, -0.2) is 0 Å². The van der Waals surface area contributed by atoms with E-state index in [0.29, 0.717) is 21.7 Å². The average molecular weight is 305 g/mol.